The van der Waals surface area contributed by atoms with Crippen LogP contribution in [0.4, 0.5) is 0 Å². The zero-order chi connectivity index (χ0) is 15.6. The van der Waals surface area contributed by atoms with Crippen LogP contribution in [0.15, 0.2) is 36.5 Å². The standard InChI is InChI=1S/C19H32O2/c1-2-3-4-5-6-7-8-9-10-11-12-13-14-15-16-17-18-19(20)21/h6-7,9-10,12-13H,2-5,8,11,14-18H2,1H3,(H,20,21)/b7-6?,10-9?,13-12-. The quantitative estimate of drug-likeness (QED) is 0.312. The lowest BCUT2D eigenvalue weighted by molar-refractivity contribution is -0.137. The average molecular weight is 292 g/mol. The third kappa shape index (κ3) is 18.7. The van der Waals surface area contributed by atoms with E-state index in [2.05, 4.69) is 43.4 Å². The van der Waals surface area contributed by atoms with Gasteiger partial charge >= 0.3 is 5.97 Å². The third-order valence-electron chi connectivity index (χ3n) is 3.28. The van der Waals surface area contributed by atoms with Gasteiger partial charge in [0.25, 0.3) is 0 Å². The topological polar surface area (TPSA) is 37.3 Å². The zero-order valence-electron chi connectivity index (χ0n) is 13.6. The molecule has 0 aromatic rings. The van der Waals surface area contributed by atoms with Crippen LogP contribution < -0.4 is 0 Å². The molecular formula is C19H32O2. The van der Waals surface area contributed by atoms with E-state index in [9.17, 15) is 4.79 Å². The van der Waals surface area contributed by atoms with E-state index in [4.69, 9.17) is 5.11 Å². The number of hydrogen-bond donors (Lipinski definition) is 1. The Labute approximate surface area is 130 Å². The second-order valence-corrected chi connectivity index (χ2v) is 5.37. The van der Waals surface area contributed by atoms with Crippen molar-refractivity contribution in [2.45, 2.75) is 77.6 Å². The molecule has 0 aliphatic carbocycles. The lowest BCUT2D eigenvalue weighted by Crippen LogP contribution is -1.93. The maximum atomic E-state index is 10.3. The first-order chi connectivity index (χ1) is 10.3. The highest BCUT2D eigenvalue weighted by atomic mass is 16.4. The summed E-state index contributed by atoms with van der Waals surface area (Å²) in [6.07, 6.45) is 24.8. The van der Waals surface area contributed by atoms with Crippen molar-refractivity contribution in [1.29, 1.82) is 0 Å². The monoisotopic (exact) mass is 292 g/mol. The normalized spacial score (nSPS) is 12.0. The fourth-order valence-electron chi connectivity index (χ4n) is 2.01. The van der Waals surface area contributed by atoms with Gasteiger partial charge in [-0.1, -0.05) is 62.6 Å². The van der Waals surface area contributed by atoms with Crippen molar-refractivity contribution in [3.05, 3.63) is 36.5 Å². The number of unbranched alkanes of at least 4 members (excludes halogenated alkanes) is 6. The molecule has 0 aromatic heterocycles. The number of carboxylic acid groups (broad SMARTS) is 1. The van der Waals surface area contributed by atoms with Crippen LogP contribution in [-0.2, 0) is 4.79 Å². The summed E-state index contributed by atoms with van der Waals surface area (Å²) < 4.78 is 0. The lowest BCUT2D eigenvalue weighted by atomic mass is 10.1. The van der Waals surface area contributed by atoms with E-state index in [1.807, 2.05) is 0 Å². The number of aliphatic carboxylic acids is 1. The highest BCUT2D eigenvalue weighted by Crippen LogP contribution is 2.04. The van der Waals surface area contributed by atoms with Gasteiger partial charge in [0.15, 0.2) is 0 Å². The molecule has 120 valence electrons. The first kappa shape index (κ1) is 19.7. The van der Waals surface area contributed by atoms with E-state index in [0.29, 0.717) is 6.42 Å². The molecule has 0 fully saturated rings. The molecule has 2 nitrogen and oxygen atoms in total. The highest BCUT2D eigenvalue weighted by Gasteiger charge is 1.94. The Morgan fingerprint density at radius 1 is 0.762 bits per heavy atom. The Kier molecular flexibility index (Phi) is 15.7. The summed E-state index contributed by atoms with van der Waals surface area (Å²) >= 11 is 0. The fourth-order valence-corrected chi connectivity index (χ4v) is 2.01. The van der Waals surface area contributed by atoms with E-state index in [1.54, 1.807) is 0 Å². The van der Waals surface area contributed by atoms with E-state index in [1.165, 1.54) is 25.7 Å². The number of carboxylic acids is 1. The summed E-state index contributed by atoms with van der Waals surface area (Å²) in [6.45, 7) is 2.23. The van der Waals surface area contributed by atoms with Crippen molar-refractivity contribution in [1.82, 2.24) is 0 Å². The molecule has 0 atom stereocenters. The molecule has 0 aromatic carbocycles. The number of allylic oxidation sites excluding steroid dienone is 6. The number of rotatable bonds is 14. The third-order valence-corrected chi connectivity index (χ3v) is 3.28. The summed E-state index contributed by atoms with van der Waals surface area (Å²) in [5, 5.41) is 8.50. The molecule has 21 heavy (non-hydrogen) atoms. The molecule has 0 unspecified atom stereocenters. The Balaban J connectivity index is 3.30. The predicted octanol–water partition coefficient (Wildman–Crippen LogP) is 6.05. The molecule has 0 saturated carbocycles. The van der Waals surface area contributed by atoms with Crippen LogP contribution in [0.3, 0.4) is 0 Å². The van der Waals surface area contributed by atoms with E-state index in [0.717, 1.165) is 38.5 Å². The largest absolute Gasteiger partial charge is 0.481 e. The van der Waals surface area contributed by atoms with Crippen molar-refractivity contribution in [2.75, 3.05) is 0 Å². The molecule has 0 radical (unpaired) electrons. The molecule has 0 heterocycles. The van der Waals surface area contributed by atoms with E-state index in [-0.39, 0.29) is 0 Å². The van der Waals surface area contributed by atoms with Crippen molar-refractivity contribution < 1.29 is 9.90 Å². The van der Waals surface area contributed by atoms with Crippen LogP contribution in [0.1, 0.15) is 77.6 Å². The Bertz CT molecular complexity index is 314. The molecular weight excluding hydrogens is 260 g/mol. The lowest BCUT2D eigenvalue weighted by Gasteiger charge is -1.94. The van der Waals surface area contributed by atoms with Gasteiger partial charge in [0, 0.05) is 6.42 Å². The van der Waals surface area contributed by atoms with Crippen LogP contribution in [0.25, 0.3) is 0 Å². The van der Waals surface area contributed by atoms with Gasteiger partial charge in [-0.25, -0.2) is 0 Å². The van der Waals surface area contributed by atoms with Crippen molar-refractivity contribution in [2.24, 2.45) is 0 Å². The minimum absolute atomic E-state index is 0.304. The molecule has 0 saturated heterocycles. The zero-order valence-corrected chi connectivity index (χ0v) is 13.6. The molecule has 0 bridgehead atoms. The van der Waals surface area contributed by atoms with Gasteiger partial charge in [0.05, 0.1) is 0 Å². The first-order valence-corrected chi connectivity index (χ1v) is 8.44. The molecule has 1 N–H and O–H groups in total. The molecule has 0 spiro atoms. The summed E-state index contributed by atoms with van der Waals surface area (Å²) in [4.78, 5) is 10.3. The molecule has 0 aliphatic heterocycles. The molecule has 2 heteroatoms. The van der Waals surface area contributed by atoms with Crippen LogP contribution in [0.5, 0.6) is 0 Å². The Hall–Kier alpha value is -1.31. The maximum Gasteiger partial charge on any atom is 0.303 e. The van der Waals surface area contributed by atoms with Gasteiger partial charge in [0.2, 0.25) is 0 Å². The van der Waals surface area contributed by atoms with Crippen LogP contribution in [0.2, 0.25) is 0 Å². The van der Waals surface area contributed by atoms with E-state index < -0.39 is 5.97 Å². The summed E-state index contributed by atoms with van der Waals surface area (Å²) in [5.74, 6) is -0.685. The molecule has 0 aliphatic rings. The Morgan fingerprint density at radius 3 is 1.81 bits per heavy atom. The van der Waals surface area contributed by atoms with Gasteiger partial charge in [-0.15, -0.1) is 0 Å². The number of carbonyl (C=O) groups is 1. The fraction of sp³-hybridized carbons (Fsp3) is 0.632. The molecule has 0 rings (SSSR count). The minimum Gasteiger partial charge on any atom is -0.481 e. The van der Waals surface area contributed by atoms with Crippen molar-refractivity contribution in [3.8, 4) is 0 Å². The Morgan fingerprint density at radius 2 is 1.29 bits per heavy atom. The van der Waals surface area contributed by atoms with Gasteiger partial charge in [-0.3, -0.25) is 4.79 Å². The second-order valence-electron chi connectivity index (χ2n) is 5.37. The van der Waals surface area contributed by atoms with Gasteiger partial charge < -0.3 is 5.11 Å². The summed E-state index contributed by atoms with van der Waals surface area (Å²) in [7, 11) is 0. The smallest absolute Gasteiger partial charge is 0.303 e. The van der Waals surface area contributed by atoms with Gasteiger partial charge in [-0.05, 0) is 44.9 Å². The van der Waals surface area contributed by atoms with Gasteiger partial charge in [0.1, 0.15) is 0 Å². The van der Waals surface area contributed by atoms with Crippen molar-refractivity contribution in [3.63, 3.8) is 0 Å². The average Bonchev–Trinajstić information content (AvgIpc) is 2.46. The minimum atomic E-state index is -0.685. The van der Waals surface area contributed by atoms with Crippen LogP contribution in [0, 0.1) is 0 Å². The van der Waals surface area contributed by atoms with Crippen LogP contribution in [-0.4, -0.2) is 11.1 Å². The highest BCUT2D eigenvalue weighted by molar-refractivity contribution is 5.66. The van der Waals surface area contributed by atoms with E-state index >= 15 is 0 Å². The maximum absolute atomic E-state index is 10.3. The van der Waals surface area contributed by atoms with Crippen molar-refractivity contribution >= 4 is 5.97 Å². The first-order valence-electron chi connectivity index (χ1n) is 8.44. The summed E-state index contributed by atoms with van der Waals surface area (Å²) in [5.41, 5.74) is 0. The molecule has 0 amide bonds. The van der Waals surface area contributed by atoms with Gasteiger partial charge in [-0.2, -0.15) is 0 Å². The second kappa shape index (κ2) is 16.7. The SMILES string of the molecule is CCCCCC=CCC=CC/C=C\CCCCCC(=O)O. The van der Waals surface area contributed by atoms with Crippen LogP contribution >= 0.6 is 0 Å². The predicted molar refractivity (Wildman–Crippen MR) is 91.5 cm³/mol. The summed E-state index contributed by atoms with van der Waals surface area (Å²) in [6, 6.07) is 0. The number of hydrogen-bond acceptors (Lipinski definition) is 1.